The topological polar surface area (TPSA) is 61.0 Å². The molecule has 5 nitrogen and oxygen atoms in total. The van der Waals surface area contributed by atoms with E-state index in [-0.39, 0.29) is 10.6 Å². The van der Waals surface area contributed by atoms with Crippen LogP contribution in [0.15, 0.2) is 66.3 Å². The van der Waals surface area contributed by atoms with E-state index in [1.165, 1.54) is 6.07 Å². The molecule has 0 unspecified atom stereocenters. The monoisotopic (exact) mass is 325 g/mol. The van der Waals surface area contributed by atoms with Crippen molar-refractivity contribution in [3.05, 3.63) is 76.9 Å². The quantitative estimate of drug-likeness (QED) is 0.291. The lowest BCUT2D eigenvalue weighted by Crippen LogP contribution is -1.97. The summed E-state index contributed by atoms with van der Waals surface area (Å²) in [5.41, 5.74) is 3.02. The van der Waals surface area contributed by atoms with Gasteiger partial charge in [0.05, 0.1) is 16.0 Å². The Morgan fingerprint density at radius 2 is 2.09 bits per heavy atom. The first-order valence-electron chi connectivity index (χ1n) is 7.11. The number of fused-ring (bicyclic) bond motifs is 1. The third-order valence-electron chi connectivity index (χ3n) is 3.42. The van der Waals surface area contributed by atoms with Crippen LogP contribution in [0.1, 0.15) is 5.56 Å². The number of hydrogen-bond acceptors (Lipinski definition) is 4. The summed E-state index contributed by atoms with van der Waals surface area (Å²) in [4.78, 5) is 15.1. The van der Waals surface area contributed by atoms with Gasteiger partial charge in [0.15, 0.2) is 5.16 Å². The first kappa shape index (κ1) is 15.3. The van der Waals surface area contributed by atoms with Gasteiger partial charge in [-0.25, -0.2) is 4.98 Å². The number of imidazole rings is 1. The number of rotatable bonds is 6. The fourth-order valence-electron chi connectivity index (χ4n) is 2.38. The number of para-hydroxylation sites is 2. The Kier molecular flexibility index (Phi) is 4.43. The Balaban J connectivity index is 1.86. The van der Waals surface area contributed by atoms with Crippen LogP contribution in [-0.2, 0) is 12.3 Å². The first-order chi connectivity index (χ1) is 11.2. The van der Waals surface area contributed by atoms with Crippen molar-refractivity contribution in [2.75, 3.05) is 0 Å². The fourth-order valence-corrected chi connectivity index (χ4v) is 3.34. The highest BCUT2D eigenvalue weighted by Crippen LogP contribution is 2.27. The lowest BCUT2D eigenvalue weighted by Gasteiger charge is -2.06. The van der Waals surface area contributed by atoms with E-state index in [1.807, 2.05) is 36.4 Å². The van der Waals surface area contributed by atoms with E-state index in [1.54, 1.807) is 23.9 Å². The average molecular weight is 325 g/mol. The van der Waals surface area contributed by atoms with Crippen molar-refractivity contribution in [2.24, 2.45) is 0 Å². The van der Waals surface area contributed by atoms with Crippen LogP contribution in [0, 0.1) is 10.1 Å². The third kappa shape index (κ3) is 3.27. The molecule has 0 bridgehead atoms. The van der Waals surface area contributed by atoms with Crippen molar-refractivity contribution >= 4 is 28.5 Å². The summed E-state index contributed by atoms with van der Waals surface area (Å²) in [6.45, 7) is 4.48. The number of hydrogen-bond donors (Lipinski definition) is 0. The molecule has 0 fully saturated rings. The zero-order valence-corrected chi connectivity index (χ0v) is 13.2. The number of non-ortho nitro benzene ring substituents is 1. The van der Waals surface area contributed by atoms with Crippen LogP contribution >= 0.6 is 11.8 Å². The molecule has 3 aromatic rings. The van der Waals surface area contributed by atoms with Crippen molar-refractivity contribution < 1.29 is 4.92 Å². The minimum absolute atomic E-state index is 0.114. The van der Waals surface area contributed by atoms with Crippen LogP contribution in [0.5, 0.6) is 0 Å². The highest BCUT2D eigenvalue weighted by molar-refractivity contribution is 7.98. The van der Waals surface area contributed by atoms with Gasteiger partial charge in [-0.2, -0.15) is 0 Å². The van der Waals surface area contributed by atoms with Gasteiger partial charge >= 0.3 is 0 Å². The first-order valence-corrected chi connectivity index (χ1v) is 8.10. The molecule has 3 rings (SSSR count). The summed E-state index contributed by atoms with van der Waals surface area (Å²) in [6, 6.07) is 14.7. The molecule has 2 aromatic carbocycles. The van der Waals surface area contributed by atoms with E-state index in [4.69, 9.17) is 0 Å². The summed E-state index contributed by atoms with van der Waals surface area (Å²) >= 11 is 1.57. The molecular formula is C17H15N3O2S. The van der Waals surface area contributed by atoms with E-state index in [9.17, 15) is 10.1 Å². The Bertz CT molecular complexity index is 873. The summed E-state index contributed by atoms with van der Waals surface area (Å²) in [7, 11) is 0. The normalized spacial score (nSPS) is 10.8. The Hall–Kier alpha value is -2.60. The van der Waals surface area contributed by atoms with Gasteiger partial charge in [0.2, 0.25) is 0 Å². The third-order valence-corrected chi connectivity index (χ3v) is 4.47. The molecule has 6 heteroatoms. The molecule has 0 aliphatic carbocycles. The largest absolute Gasteiger partial charge is 0.315 e. The zero-order chi connectivity index (χ0) is 16.2. The van der Waals surface area contributed by atoms with Gasteiger partial charge < -0.3 is 4.57 Å². The lowest BCUT2D eigenvalue weighted by atomic mass is 10.2. The van der Waals surface area contributed by atoms with Gasteiger partial charge in [-0.3, -0.25) is 10.1 Å². The number of nitro benzene ring substituents is 1. The van der Waals surface area contributed by atoms with Crippen LogP contribution in [0.3, 0.4) is 0 Å². The summed E-state index contributed by atoms with van der Waals surface area (Å²) in [5.74, 6) is 0.627. The van der Waals surface area contributed by atoms with E-state index in [0.717, 1.165) is 21.8 Å². The van der Waals surface area contributed by atoms with Gasteiger partial charge in [0.25, 0.3) is 5.69 Å². The minimum Gasteiger partial charge on any atom is -0.315 e. The van der Waals surface area contributed by atoms with Gasteiger partial charge in [-0.15, -0.1) is 6.58 Å². The summed E-state index contributed by atoms with van der Waals surface area (Å²) in [5, 5.41) is 11.7. The number of nitrogens with zero attached hydrogens (tertiary/aromatic N) is 3. The van der Waals surface area contributed by atoms with Gasteiger partial charge in [-0.1, -0.05) is 42.1 Å². The second-order valence-electron chi connectivity index (χ2n) is 5.00. The van der Waals surface area contributed by atoms with Crippen molar-refractivity contribution in [3.8, 4) is 0 Å². The molecule has 23 heavy (non-hydrogen) atoms. The second-order valence-corrected chi connectivity index (χ2v) is 5.94. The van der Waals surface area contributed by atoms with Crippen LogP contribution in [-0.4, -0.2) is 14.5 Å². The number of nitro groups is 1. The molecule has 0 N–H and O–H groups in total. The van der Waals surface area contributed by atoms with Crippen LogP contribution in [0.25, 0.3) is 11.0 Å². The van der Waals surface area contributed by atoms with Crippen molar-refractivity contribution in [1.29, 1.82) is 0 Å². The predicted molar refractivity (Wildman–Crippen MR) is 92.6 cm³/mol. The molecule has 1 heterocycles. The van der Waals surface area contributed by atoms with Crippen molar-refractivity contribution in [1.82, 2.24) is 9.55 Å². The highest BCUT2D eigenvalue weighted by Gasteiger charge is 2.11. The standard InChI is InChI=1S/C17H15N3O2S/c1-2-10-19-16-9-4-3-8-15(16)18-17(19)23-12-13-6-5-7-14(11-13)20(21)22/h2-9,11H,1,10,12H2. The average Bonchev–Trinajstić information content (AvgIpc) is 2.92. The molecule has 0 saturated heterocycles. The summed E-state index contributed by atoms with van der Waals surface area (Å²) < 4.78 is 2.10. The minimum atomic E-state index is -0.374. The molecule has 1 aromatic heterocycles. The molecule has 0 radical (unpaired) electrons. The van der Waals surface area contributed by atoms with Gasteiger partial charge in [-0.05, 0) is 17.7 Å². The second kappa shape index (κ2) is 6.66. The maximum Gasteiger partial charge on any atom is 0.269 e. The summed E-state index contributed by atoms with van der Waals surface area (Å²) in [6.07, 6.45) is 1.84. The van der Waals surface area contributed by atoms with E-state index in [0.29, 0.717) is 12.3 Å². The van der Waals surface area contributed by atoms with E-state index >= 15 is 0 Å². The smallest absolute Gasteiger partial charge is 0.269 e. The Morgan fingerprint density at radius 3 is 2.87 bits per heavy atom. The number of allylic oxidation sites excluding steroid dienone is 1. The molecule has 0 aliphatic heterocycles. The molecule has 0 spiro atoms. The van der Waals surface area contributed by atoms with Crippen LogP contribution in [0.4, 0.5) is 5.69 Å². The SMILES string of the molecule is C=CCn1c(SCc2cccc([N+](=O)[O-])c2)nc2ccccc21. The maximum absolute atomic E-state index is 10.9. The Labute approximate surface area is 137 Å². The molecule has 0 amide bonds. The molecule has 0 aliphatic rings. The number of aromatic nitrogens is 2. The fraction of sp³-hybridized carbons (Fsp3) is 0.118. The van der Waals surface area contributed by atoms with E-state index < -0.39 is 0 Å². The molecule has 0 atom stereocenters. The maximum atomic E-state index is 10.9. The van der Waals surface area contributed by atoms with Crippen molar-refractivity contribution in [3.63, 3.8) is 0 Å². The number of benzene rings is 2. The molecule has 0 saturated carbocycles. The Morgan fingerprint density at radius 1 is 1.26 bits per heavy atom. The molecule has 116 valence electrons. The van der Waals surface area contributed by atoms with Gasteiger partial charge in [0, 0.05) is 24.4 Å². The zero-order valence-electron chi connectivity index (χ0n) is 12.4. The van der Waals surface area contributed by atoms with E-state index in [2.05, 4.69) is 16.1 Å². The number of thioether (sulfide) groups is 1. The molecular weight excluding hydrogens is 310 g/mol. The van der Waals surface area contributed by atoms with Crippen molar-refractivity contribution in [2.45, 2.75) is 17.5 Å². The lowest BCUT2D eigenvalue weighted by molar-refractivity contribution is -0.384. The predicted octanol–water partition coefficient (Wildman–Crippen LogP) is 4.42. The van der Waals surface area contributed by atoms with Gasteiger partial charge in [0.1, 0.15) is 0 Å². The highest BCUT2D eigenvalue weighted by atomic mass is 32.2. The van der Waals surface area contributed by atoms with Crippen LogP contribution < -0.4 is 0 Å². The van der Waals surface area contributed by atoms with Crippen LogP contribution in [0.2, 0.25) is 0 Å².